The smallest absolute Gasteiger partial charge is 0.265 e. The Balaban J connectivity index is 1.49. The number of alkyl halides is 2. The van der Waals surface area contributed by atoms with Crippen molar-refractivity contribution in [3.63, 3.8) is 0 Å². The molecule has 2 fully saturated rings. The monoisotopic (exact) mass is 413 g/mol. The van der Waals surface area contributed by atoms with E-state index < -0.39 is 24.9 Å². The predicted molar refractivity (Wildman–Crippen MR) is 101 cm³/mol. The average molecular weight is 413 g/mol. The molecule has 3 heterocycles. The van der Waals surface area contributed by atoms with Crippen LogP contribution in [0, 0.1) is 0 Å². The van der Waals surface area contributed by atoms with Crippen molar-refractivity contribution in [2.75, 3.05) is 25.4 Å². The topological polar surface area (TPSA) is 92.4 Å². The molecule has 28 heavy (non-hydrogen) atoms. The number of rotatable bonds is 7. The highest BCUT2D eigenvalue weighted by atomic mass is 32.2. The molecule has 1 aromatic rings. The maximum Gasteiger partial charge on any atom is 0.265 e. The first kappa shape index (κ1) is 20.9. The zero-order valence-electron chi connectivity index (χ0n) is 15.6. The lowest BCUT2D eigenvalue weighted by atomic mass is 10.0. The fourth-order valence-corrected chi connectivity index (χ4v) is 4.58. The lowest BCUT2D eigenvalue weighted by molar-refractivity contribution is -0.148. The maximum atomic E-state index is 13.5. The van der Waals surface area contributed by atoms with Crippen molar-refractivity contribution in [1.82, 2.24) is 19.8 Å². The second kappa shape index (κ2) is 9.13. The summed E-state index contributed by atoms with van der Waals surface area (Å²) in [5, 5.41) is 0.669. The van der Waals surface area contributed by atoms with Crippen LogP contribution in [0.4, 0.5) is 8.78 Å². The summed E-state index contributed by atoms with van der Waals surface area (Å²) in [5.74, 6) is -2.61. The van der Waals surface area contributed by atoms with E-state index in [4.69, 9.17) is 5.73 Å². The zero-order valence-corrected chi connectivity index (χ0v) is 16.4. The van der Waals surface area contributed by atoms with Gasteiger partial charge in [0.2, 0.25) is 11.8 Å². The largest absolute Gasteiger partial charge is 0.339 e. The van der Waals surface area contributed by atoms with Gasteiger partial charge >= 0.3 is 0 Å². The van der Waals surface area contributed by atoms with Crippen LogP contribution in [-0.4, -0.2) is 75.0 Å². The average Bonchev–Trinajstić information content (AvgIpc) is 3.12. The van der Waals surface area contributed by atoms with Gasteiger partial charge in [0, 0.05) is 62.6 Å². The second-order valence-electron chi connectivity index (χ2n) is 7.32. The number of piperidine rings is 1. The predicted octanol–water partition coefficient (Wildman–Crippen LogP) is 1.53. The van der Waals surface area contributed by atoms with E-state index in [0.29, 0.717) is 17.5 Å². The number of hydrogen-bond donors (Lipinski definition) is 1. The number of likely N-dealkylation sites (tertiary alicyclic amines) is 2. The molecule has 2 saturated heterocycles. The number of halogens is 2. The van der Waals surface area contributed by atoms with E-state index in [0.717, 1.165) is 17.7 Å². The number of thioether (sulfide) groups is 1. The van der Waals surface area contributed by atoms with Gasteiger partial charge in [-0.05, 0) is 18.9 Å². The Morgan fingerprint density at radius 3 is 2.89 bits per heavy atom. The van der Waals surface area contributed by atoms with Gasteiger partial charge in [-0.15, -0.1) is 0 Å². The second-order valence-corrected chi connectivity index (χ2v) is 8.31. The first-order chi connectivity index (χ1) is 13.3. The van der Waals surface area contributed by atoms with Crippen LogP contribution in [0.1, 0.15) is 32.1 Å². The van der Waals surface area contributed by atoms with Gasteiger partial charge in [-0.2, -0.15) is 0 Å². The fourth-order valence-electron chi connectivity index (χ4n) is 3.62. The lowest BCUT2D eigenvalue weighted by Gasteiger charge is -2.34. The molecular weight excluding hydrogens is 388 g/mol. The number of aromatic nitrogens is 2. The van der Waals surface area contributed by atoms with Gasteiger partial charge < -0.3 is 15.5 Å². The Morgan fingerprint density at radius 1 is 1.39 bits per heavy atom. The molecule has 0 saturated carbocycles. The number of nitrogens with two attached hydrogens (primary N) is 1. The number of carbonyl (C=O) groups excluding carboxylic acids is 2. The van der Waals surface area contributed by atoms with E-state index in [1.807, 2.05) is 4.90 Å². The summed E-state index contributed by atoms with van der Waals surface area (Å²) in [6.45, 7) is 0.0200. The number of hydrogen-bond acceptors (Lipinski definition) is 6. The maximum absolute atomic E-state index is 13.5. The highest BCUT2D eigenvalue weighted by molar-refractivity contribution is 7.99. The molecule has 7 nitrogen and oxygen atoms in total. The molecule has 2 N–H and O–H groups in total. The molecule has 10 heteroatoms. The van der Waals surface area contributed by atoms with Crippen molar-refractivity contribution in [3.05, 3.63) is 18.5 Å². The molecule has 0 aromatic carbocycles. The molecule has 0 spiro atoms. The van der Waals surface area contributed by atoms with E-state index >= 15 is 0 Å². The van der Waals surface area contributed by atoms with Crippen LogP contribution < -0.4 is 5.73 Å². The number of nitrogens with zero attached hydrogens (tertiary/aromatic N) is 4. The van der Waals surface area contributed by atoms with Gasteiger partial charge in [0.1, 0.15) is 0 Å². The first-order valence-electron chi connectivity index (χ1n) is 9.44. The van der Waals surface area contributed by atoms with Crippen LogP contribution in [0.5, 0.6) is 0 Å². The van der Waals surface area contributed by atoms with Crippen LogP contribution in [-0.2, 0) is 9.59 Å². The van der Waals surface area contributed by atoms with Gasteiger partial charge in [-0.1, -0.05) is 11.8 Å². The molecule has 0 radical (unpaired) electrons. The molecule has 3 rings (SSSR count). The summed E-state index contributed by atoms with van der Waals surface area (Å²) in [7, 11) is 0. The summed E-state index contributed by atoms with van der Waals surface area (Å²) in [6.07, 6.45) is 4.61. The summed E-state index contributed by atoms with van der Waals surface area (Å²) < 4.78 is 27.1. The molecule has 2 aliphatic rings. The normalized spacial score (nSPS) is 23.1. The van der Waals surface area contributed by atoms with E-state index in [9.17, 15) is 18.4 Å². The third-order valence-corrected chi connectivity index (χ3v) is 6.04. The SMILES string of the molecule is N[C@@H](CC(=O)N1CCC[C@H]1CSc1ncccn1)CN1CC(F)(F)CCC1=O. The zero-order chi connectivity index (χ0) is 20.1. The Morgan fingerprint density at radius 2 is 2.14 bits per heavy atom. The Hall–Kier alpha value is -1.81. The minimum atomic E-state index is -2.88. The highest BCUT2D eigenvalue weighted by Gasteiger charge is 2.39. The van der Waals surface area contributed by atoms with Crippen molar-refractivity contribution in [2.24, 2.45) is 5.73 Å². The van der Waals surface area contributed by atoms with Crippen LogP contribution in [0.2, 0.25) is 0 Å². The molecule has 1 aromatic heterocycles. The summed E-state index contributed by atoms with van der Waals surface area (Å²) in [4.78, 5) is 35.8. The van der Waals surface area contributed by atoms with Crippen LogP contribution in [0.15, 0.2) is 23.6 Å². The lowest BCUT2D eigenvalue weighted by Crippen LogP contribution is -2.51. The molecule has 0 unspecified atom stereocenters. The molecule has 154 valence electrons. The number of carbonyl (C=O) groups is 2. The summed E-state index contributed by atoms with van der Waals surface area (Å²) >= 11 is 1.50. The molecule has 2 aliphatic heterocycles. The van der Waals surface area contributed by atoms with E-state index in [1.165, 1.54) is 11.8 Å². The van der Waals surface area contributed by atoms with Gasteiger partial charge in [0.05, 0.1) is 6.54 Å². The molecular formula is C18H25F2N5O2S. The fraction of sp³-hybridized carbons (Fsp3) is 0.667. The van der Waals surface area contributed by atoms with Crippen molar-refractivity contribution in [2.45, 2.75) is 55.3 Å². The highest BCUT2D eigenvalue weighted by Crippen LogP contribution is 2.28. The Labute approximate surface area is 167 Å². The van der Waals surface area contributed by atoms with Crippen LogP contribution in [0.25, 0.3) is 0 Å². The van der Waals surface area contributed by atoms with E-state index in [-0.39, 0.29) is 37.2 Å². The minimum absolute atomic E-state index is 0.0225. The standard InChI is InChI=1S/C18H25F2N5O2S/c19-18(20)5-4-15(26)24(12-18)10-13(21)9-16(27)25-8-1-3-14(25)11-28-17-22-6-2-7-23-17/h2,6-7,13-14H,1,3-5,8-12,21H2/t13-,14-/m0/s1. The summed E-state index contributed by atoms with van der Waals surface area (Å²) in [5.41, 5.74) is 6.02. The van der Waals surface area contributed by atoms with Crippen molar-refractivity contribution >= 4 is 23.6 Å². The Bertz CT molecular complexity index is 694. The molecule has 0 bridgehead atoms. The third-order valence-electron chi connectivity index (χ3n) is 5.02. The van der Waals surface area contributed by atoms with Gasteiger partial charge in [-0.3, -0.25) is 9.59 Å². The quantitative estimate of drug-likeness (QED) is 0.538. The third kappa shape index (κ3) is 5.60. The van der Waals surface area contributed by atoms with Crippen molar-refractivity contribution in [3.8, 4) is 0 Å². The van der Waals surface area contributed by atoms with Crippen molar-refractivity contribution in [1.29, 1.82) is 0 Å². The first-order valence-corrected chi connectivity index (χ1v) is 10.4. The van der Waals surface area contributed by atoms with Crippen LogP contribution >= 0.6 is 11.8 Å². The molecule has 0 aliphatic carbocycles. The van der Waals surface area contributed by atoms with Crippen LogP contribution in [0.3, 0.4) is 0 Å². The molecule has 2 atom stereocenters. The van der Waals surface area contributed by atoms with Crippen molar-refractivity contribution < 1.29 is 18.4 Å². The minimum Gasteiger partial charge on any atom is -0.339 e. The van der Waals surface area contributed by atoms with Gasteiger partial charge in [0.15, 0.2) is 5.16 Å². The van der Waals surface area contributed by atoms with Gasteiger partial charge in [0.25, 0.3) is 5.92 Å². The summed E-state index contributed by atoms with van der Waals surface area (Å²) in [6, 6.07) is 1.17. The molecule has 2 amide bonds. The van der Waals surface area contributed by atoms with E-state index in [2.05, 4.69) is 9.97 Å². The van der Waals surface area contributed by atoms with E-state index in [1.54, 1.807) is 18.5 Å². The number of amides is 2. The van der Waals surface area contributed by atoms with Gasteiger partial charge in [-0.25, -0.2) is 18.7 Å². The Kier molecular flexibility index (Phi) is 6.82.